The zero-order valence-electron chi connectivity index (χ0n) is 13.2. The van der Waals surface area contributed by atoms with E-state index in [2.05, 4.69) is 15.3 Å². The molecule has 6 nitrogen and oxygen atoms in total. The third-order valence-electron chi connectivity index (χ3n) is 3.70. The quantitative estimate of drug-likeness (QED) is 0.672. The topological polar surface area (TPSA) is 95.1 Å². The van der Waals surface area contributed by atoms with Crippen LogP contribution in [0.1, 0.15) is 28.7 Å². The number of aromatic amines is 1. The molecule has 0 saturated carbocycles. The molecule has 1 heterocycles. The van der Waals surface area contributed by atoms with Gasteiger partial charge in [0.05, 0.1) is 16.6 Å². The molecule has 0 radical (unpaired) electrons. The lowest BCUT2D eigenvalue weighted by atomic mass is 10.1. The molecule has 0 aliphatic carbocycles. The van der Waals surface area contributed by atoms with Gasteiger partial charge < -0.3 is 15.4 Å². The Labute approximate surface area is 138 Å². The van der Waals surface area contributed by atoms with Crippen LogP contribution >= 0.6 is 0 Å². The van der Waals surface area contributed by atoms with Crippen molar-refractivity contribution < 1.29 is 14.7 Å². The van der Waals surface area contributed by atoms with E-state index in [1.54, 1.807) is 18.2 Å². The Balaban J connectivity index is 1.69. The van der Waals surface area contributed by atoms with Crippen LogP contribution in [-0.4, -0.2) is 27.0 Å². The van der Waals surface area contributed by atoms with Crippen LogP contribution in [0, 0.1) is 0 Å². The van der Waals surface area contributed by atoms with Crippen LogP contribution in [0.3, 0.4) is 0 Å². The number of imidazole rings is 1. The van der Waals surface area contributed by atoms with Crippen LogP contribution < -0.4 is 5.32 Å². The molecule has 122 valence electrons. The highest BCUT2D eigenvalue weighted by Gasteiger charge is 2.08. The number of aryl methyl sites for hydroxylation is 2. The number of amides is 1. The summed E-state index contributed by atoms with van der Waals surface area (Å²) in [5.41, 5.74) is 3.64. The number of H-pyrrole nitrogens is 1. The van der Waals surface area contributed by atoms with E-state index in [0.29, 0.717) is 0 Å². The first-order valence-corrected chi connectivity index (χ1v) is 7.60. The number of carbonyl (C=O) groups excluding carboxylic acids is 1. The average molecular weight is 323 g/mol. The number of nitrogens with zero attached hydrogens (tertiary/aromatic N) is 1. The van der Waals surface area contributed by atoms with Crippen molar-refractivity contribution in [2.24, 2.45) is 0 Å². The van der Waals surface area contributed by atoms with Crippen LogP contribution in [0.25, 0.3) is 11.0 Å². The maximum absolute atomic E-state index is 11.0. The van der Waals surface area contributed by atoms with Crippen molar-refractivity contribution in [2.75, 3.05) is 5.32 Å². The number of nitrogens with one attached hydrogen (secondary N) is 2. The van der Waals surface area contributed by atoms with Gasteiger partial charge in [0.2, 0.25) is 5.91 Å². The van der Waals surface area contributed by atoms with Gasteiger partial charge in [0.1, 0.15) is 5.82 Å². The van der Waals surface area contributed by atoms with E-state index < -0.39 is 5.97 Å². The summed E-state index contributed by atoms with van der Waals surface area (Å²) in [5.74, 6) is -0.225. The van der Waals surface area contributed by atoms with Crippen LogP contribution in [0.2, 0.25) is 0 Å². The number of carboxylic acids is 1. The van der Waals surface area contributed by atoms with Crippen molar-refractivity contribution in [2.45, 2.75) is 19.8 Å². The fourth-order valence-electron chi connectivity index (χ4n) is 2.53. The number of aromatic nitrogens is 2. The standard InChI is InChI=1S/C18H17N3O3/c1-11(22)19-14-6-2-12(3-7-14)4-9-17-20-15-8-5-13(18(23)24)10-16(15)21-17/h2-3,5-8,10H,4,9H2,1H3,(H,19,22)(H,20,21)(H,23,24). The highest BCUT2D eigenvalue weighted by Crippen LogP contribution is 2.16. The van der Waals surface area contributed by atoms with Gasteiger partial charge >= 0.3 is 5.97 Å². The molecule has 0 atom stereocenters. The van der Waals surface area contributed by atoms with Crippen molar-refractivity contribution in [1.29, 1.82) is 0 Å². The first-order valence-electron chi connectivity index (χ1n) is 7.60. The summed E-state index contributed by atoms with van der Waals surface area (Å²) in [6.07, 6.45) is 1.52. The molecular formula is C18H17N3O3. The van der Waals surface area contributed by atoms with Gasteiger partial charge in [-0.2, -0.15) is 0 Å². The number of hydrogen-bond acceptors (Lipinski definition) is 3. The minimum absolute atomic E-state index is 0.0919. The van der Waals surface area contributed by atoms with E-state index in [0.717, 1.165) is 41.0 Å². The minimum Gasteiger partial charge on any atom is -0.478 e. The first-order chi connectivity index (χ1) is 11.5. The lowest BCUT2D eigenvalue weighted by Crippen LogP contribution is -2.05. The normalized spacial score (nSPS) is 10.7. The van der Waals surface area contributed by atoms with Gasteiger partial charge in [0.25, 0.3) is 0 Å². The van der Waals surface area contributed by atoms with Crippen LogP contribution in [-0.2, 0) is 17.6 Å². The SMILES string of the molecule is CC(=O)Nc1ccc(CCc2nc3ccc(C(=O)O)cc3[nH]2)cc1. The number of anilines is 1. The number of rotatable bonds is 5. The summed E-state index contributed by atoms with van der Waals surface area (Å²) in [4.78, 5) is 29.6. The molecule has 1 aromatic heterocycles. The summed E-state index contributed by atoms with van der Waals surface area (Å²) in [5, 5.41) is 11.8. The number of hydrogen-bond donors (Lipinski definition) is 3. The summed E-state index contributed by atoms with van der Waals surface area (Å²) in [6, 6.07) is 12.5. The second kappa shape index (κ2) is 6.54. The summed E-state index contributed by atoms with van der Waals surface area (Å²) < 4.78 is 0. The molecule has 0 aliphatic rings. The second-order valence-corrected chi connectivity index (χ2v) is 5.60. The zero-order valence-corrected chi connectivity index (χ0v) is 13.2. The van der Waals surface area contributed by atoms with Gasteiger partial charge in [0.15, 0.2) is 0 Å². The molecule has 3 aromatic rings. The predicted molar refractivity (Wildman–Crippen MR) is 91.2 cm³/mol. The summed E-state index contributed by atoms with van der Waals surface area (Å²) in [7, 11) is 0. The molecule has 0 aliphatic heterocycles. The Morgan fingerprint density at radius 1 is 1.12 bits per heavy atom. The summed E-state index contributed by atoms with van der Waals surface area (Å²) >= 11 is 0. The molecule has 0 fully saturated rings. The highest BCUT2D eigenvalue weighted by atomic mass is 16.4. The molecule has 3 N–H and O–H groups in total. The highest BCUT2D eigenvalue weighted by molar-refractivity contribution is 5.92. The minimum atomic E-state index is -0.952. The van der Waals surface area contributed by atoms with Crippen LogP contribution in [0.5, 0.6) is 0 Å². The van der Waals surface area contributed by atoms with Crippen molar-refractivity contribution in [3.63, 3.8) is 0 Å². The molecule has 3 rings (SSSR count). The fraction of sp³-hybridized carbons (Fsp3) is 0.167. The van der Waals surface area contributed by atoms with Gasteiger partial charge in [-0.3, -0.25) is 4.79 Å². The van der Waals surface area contributed by atoms with E-state index in [9.17, 15) is 9.59 Å². The Hall–Kier alpha value is -3.15. The van der Waals surface area contributed by atoms with E-state index in [1.807, 2.05) is 24.3 Å². The van der Waals surface area contributed by atoms with E-state index >= 15 is 0 Å². The molecule has 0 saturated heterocycles. The van der Waals surface area contributed by atoms with Gasteiger partial charge in [-0.15, -0.1) is 0 Å². The Kier molecular flexibility index (Phi) is 4.29. The molecular weight excluding hydrogens is 306 g/mol. The molecule has 2 aromatic carbocycles. The molecule has 24 heavy (non-hydrogen) atoms. The number of benzene rings is 2. The first kappa shape index (κ1) is 15.7. The Morgan fingerprint density at radius 3 is 2.54 bits per heavy atom. The number of carboxylic acid groups (broad SMARTS) is 1. The largest absolute Gasteiger partial charge is 0.478 e. The lowest BCUT2D eigenvalue weighted by molar-refractivity contribution is -0.114. The maximum Gasteiger partial charge on any atom is 0.335 e. The smallest absolute Gasteiger partial charge is 0.335 e. The number of carbonyl (C=O) groups is 2. The molecule has 1 amide bonds. The molecule has 0 unspecified atom stereocenters. The van der Waals surface area contributed by atoms with Crippen LogP contribution in [0.15, 0.2) is 42.5 Å². The van der Waals surface area contributed by atoms with Crippen LogP contribution in [0.4, 0.5) is 5.69 Å². The Bertz CT molecular complexity index is 898. The fourth-order valence-corrected chi connectivity index (χ4v) is 2.53. The second-order valence-electron chi connectivity index (χ2n) is 5.60. The van der Waals surface area contributed by atoms with Crippen molar-refractivity contribution in [1.82, 2.24) is 9.97 Å². The van der Waals surface area contributed by atoms with Crippen molar-refractivity contribution in [3.05, 3.63) is 59.4 Å². The van der Waals surface area contributed by atoms with Gasteiger partial charge in [-0.1, -0.05) is 12.1 Å². The van der Waals surface area contributed by atoms with Crippen molar-refractivity contribution >= 4 is 28.6 Å². The third-order valence-corrected chi connectivity index (χ3v) is 3.70. The van der Waals surface area contributed by atoms with Gasteiger partial charge in [-0.25, -0.2) is 9.78 Å². The van der Waals surface area contributed by atoms with Crippen molar-refractivity contribution in [3.8, 4) is 0 Å². The number of aromatic carboxylic acids is 1. The molecule has 6 heteroatoms. The molecule has 0 spiro atoms. The van der Waals surface area contributed by atoms with E-state index in [-0.39, 0.29) is 11.5 Å². The maximum atomic E-state index is 11.0. The van der Waals surface area contributed by atoms with Gasteiger partial charge in [0, 0.05) is 19.0 Å². The monoisotopic (exact) mass is 323 g/mol. The summed E-state index contributed by atoms with van der Waals surface area (Å²) in [6.45, 7) is 1.48. The van der Waals surface area contributed by atoms with E-state index in [4.69, 9.17) is 5.11 Å². The molecule has 0 bridgehead atoms. The zero-order chi connectivity index (χ0) is 17.1. The third kappa shape index (κ3) is 3.60. The predicted octanol–water partition coefficient (Wildman–Crippen LogP) is 3.00. The van der Waals surface area contributed by atoms with Gasteiger partial charge in [-0.05, 0) is 42.3 Å². The Morgan fingerprint density at radius 2 is 1.88 bits per heavy atom. The number of fused-ring (bicyclic) bond motifs is 1. The van der Waals surface area contributed by atoms with E-state index in [1.165, 1.54) is 6.92 Å². The average Bonchev–Trinajstić information content (AvgIpc) is 2.95. The lowest BCUT2D eigenvalue weighted by Gasteiger charge is -2.04.